The van der Waals surface area contributed by atoms with Crippen molar-refractivity contribution in [1.29, 1.82) is 5.26 Å². The van der Waals surface area contributed by atoms with Gasteiger partial charge in [0.1, 0.15) is 23.7 Å². The summed E-state index contributed by atoms with van der Waals surface area (Å²) in [6.45, 7) is 16.0. The van der Waals surface area contributed by atoms with Crippen molar-refractivity contribution in [2.24, 2.45) is 29.7 Å². The highest BCUT2D eigenvalue weighted by Crippen LogP contribution is 2.56. The highest BCUT2D eigenvalue weighted by molar-refractivity contribution is 5.95. The zero-order valence-corrected chi connectivity index (χ0v) is 43.2. The number of nitriles is 1. The molecule has 3 unspecified atom stereocenters. The first-order chi connectivity index (χ1) is 35.0. The van der Waals surface area contributed by atoms with Crippen molar-refractivity contribution >= 4 is 29.0 Å². The Hall–Kier alpha value is -6.47. The minimum Gasteiger partial charge on any atom is -0.495 e. The molecule has 2 amide bonds. The fourth-order valence-electron chi connectivity index (χ4n) is 14.1. The summed E-state index contributed by atoms with van der Waals surface area (Å²) >= 11 is 0. The van der Waals surface area contributed by atoms with Crippen LogP contribution in [0, 0.1) is 34.0 Å². The normalized spacial score (nSPS) is 24.2. The van der Waals surface area contributed by atoms with Crippen molar-refractivity contribution < 1.29 is 27.8 Å². The van der Waals surface area contributed by atoms with Crippen LogP contribution in [0.4, 0.5) is 26.0 Å². The average Bonchev–Trinajstić information content (AvgIpc) is 4.20. The predicted molar refractivity (Wildman–Crippen MR) is 275 cm³/mol. The number of carbonyl (C=O) groups is 2. The van der Waals surface area contributed by atoms with Gasteiger partial charge in [-0.05, 0) is 110 Å². The van der Waals surface area contributed by atoms with Crippen LogP contribution < -0.4 is 24.6 Å². The van der Waals surface area contributed by atoms with Crippen LogP contribution in [-0.4, -0.2) is 106 Å². The Morgan fingerprint density at radius 1 is 0.959 bits per heavy atom. The molecule has 6 heterocycles. The van der Waals surface area contributed by atoms with E-state index in [0.717, 1.165) is 87.3 Å². The molecule has 2 saturated carbocycles. The van der Waals surface area contributed by atoms with E-state index in [9.17, 15) is 23.6 Å². The second kappa shape index (κ2) is 18.8. The Balaban J connectivity index is 0.711. The van der Waals surface area contributed by atoms with E-state index in [1.807, 2.05) is 23.1 Å². The number of hydrogen-bond acceptors (Lipinski definition) is 10. The fourth-order valence-corrected chi connectivity index (χ4v) is 14.1. The summed E-state index contributed by atoms with van der Waals surface area (Å²) in [5.41, 5.74) is 6.78. The van der Waals surface area contributed by atoms with Crippen LogP contribution in [0.1, 0.15) is 117 Å². The van der Waals surface area contributed by atoms with Gasteiger partial charge in [0.05, 0.1) is 31.5 Å². The Kier molecular flexibility index (Phi) is 12.6. The molecule has 11 rings (SSSR count). The van der Waals surface area contributed by atoms with Crippen molar-refractivity contribution in [3.05, 3.63) is 101 Å². The van der Waals surface area contributed by atoms with Crippen molar-refractivity contribution in [1.82, 2.24) is 34.7 Å². The number of aryl methyl sites for hydroxylation is 2. The van der Waals surface area contributed by atoms with Crippen LogP contribution in [0.25, 0.3) is 11.1 Å². The number of halogens is 2. The molecule has 0 radical (unpaired) electrons. The topological polar surface area (TPSA) is 137 Å². The van der Waals surface area contributed by atoms with E-state index in [0.29, 0.717) is 71.3 Å². The second-order valence-electron chi connectivity index (χ2n) is 22.8. The molecule has 2 aliphatic carbocycles. The van der Waals surface area contributed by atoms with E-state index in [4.69, 9.17) is 14.6 Å². The number of alkyl halides is 2. The van der Waals surface area contributed by atoms with Gasteiger partial charge >= 0.3 is 0 Å². The number of amides is 2. The van der Waals surface area contributed by atoms with Gasteiger partial charge in [-0.3, -0.25) is 19.0 Å². The van der Waals surface area contributed by atoms with E-state index in [2.05, 4.69) is 75.7 Å². The van der Waals surface area contributed by atoms with Gasteiger partial charge in [0.15, 0.2) is 5.82 Å². The molecule has 14 nitrogen and oxygen atoms in total. The summed E-state index contributed by atoms with van der Waals surface area (Å²) in [6, 6.07) is 19.7. The number of piperidine rings is 2. The molecule has 4 aliphatic heterocycles. The fraction of sp³-hybridized carbons (Fsp3) is 0.526. The Labute approximate surface area is 427 Å². The predicted octanol–water partition coefficient (Wildman–Crippen LogP) is 9.25. The molecule has 3 aromatic carbocycles. The maximum absolute atomic E-state index is 14.8. The van der Waals surface area contributed by atoms with E-state index >= 15 is 0 Å². The summed E-state index contributed by atoms with van der Waals surface area (Å²) in [6.07, 6.45) is 7.29. The Morgan fingerprint density at radius 2 is 1.73 bits per heavy atom. The standard InChI is InChI=1S/C57H68F2N10O4/c1-34(70)66-22-18-48-47(33-66)52(67-19-8-9-36-25-45(40-29-61-64(6)30-40)46(51(58)59)27-49(36)67)63-69(48)42-16-20-65(21-17-42)31-38-23-43-24-39(38)32-68(43)41-13-10-35(11-14-41)53(71)62-54-56(2,3)55(57(54,4)5)73-44-15-12-37(28-60)50(26-44)72-7/h10-15,25-27,29-30,38-39,42-43,51,54-55H,8-9,16-24,31-33H2,1-7H3,(H,62,71). The van der Waals surface area contributed by atoms with Crippen LogP contribution in [0.3, 0.4) is 0 Å². The van der Waals surface area contributed by atoms with Crippen molar-refractivity contribution in [3.63, 3.8) is 0 Å². The highest BCUT2D eigenvalue weighted by atomic mass is 19.3. The quantitative estimate of drug-likeness (QED) is 0.129. The molecule has 2 bridgehead atoms. The maximum atomic E-state index is 14.8. The van der Waals surface area contributed by atoms with Gasteiger partial charge in [-0.2, -0.15) is 15.5 Å². The first-order valence-electron chi connectivity index (χ1n) is 26.2. The van der Waals surface area contributed by atoms with Gasteiger partial charge in [0.2, 0.25) is 5.91 Å². The molecule has 2 saturated heterocycles. The third-order valence-corrected chi connectivity index (χ3v) is 17.6. The number of rotatable bonds is 12. The number of likely N-dealkylation sites (tertiary alicyclic amines) is 1. The maximum Gasteiger partial charge on any atom is 0.264 e. The van der Waals surface area contributed by atoms with Crippen molar-refractivity contribution in [3.8, 4) is 28.7 Å². The molecular formula is C57H68F2N10O4. The number of carbonyl (C=O) groups excluding carboxylic acids is 2. The third-order valence-electron chi connectivity index (χ3n) is 17.6. The van der Waals surface area contributed by atoms with Crippen molar-refractivity contribution in [2.45, 2.75) is 117 Å². The molecule has 3 atom stereocenters. The third kappa shape index (κ3) is 8.68. The van der Waals surface area contributed by atoms with Gasteiger partial charge in [-0.15, -0.1) is 0 Å². The highest BCUT2D eigenvalue weighted by Gasteiger charge is 2.64. The molecule has 16 heteroatoms. The molecule has 73 heavy (non-hydrogen) atoms. The molecule has 1 N–H and O–H groups in total. The van der Waals surface area contributed by atoms with Gasteiger partial charge in [-0.25, -0.2) is 8.78 Å². The van der Waals surface area contributed by atoms with Crippen LogP contribution in [0.2, 0.25) is 0 Å². The van der Waals surface area contributed by atoms with Crippen LogP contribution in [0.15, 0.2) is 67.0 Å². The molecule has 2 aromatic heterocycles. The molecule has 384 valence electrons. The van der Waals surface area contributed by atoms with E-state index in [1.54, 1.807) is 62.4 Å². The van der Waals surface area contributed by atoms with Gasteiger partial charge in [-0.1, -0.05) is 27.7 Å². The minimum absolute atomic E-state index is 0.00626. The largest absolute Gasteiger partial charge is 0.495 e. The number of aromatic nitrogens is 4. The SMILES string of the molecule is COc1cc(OC2C(C)(C)C(NC(=O)c3ccc(N4CC5CC4CC5CN4CCC(n5nc(N6CCCc7cc(-c8cnn(C)c8)c(C(F)F)cc76)c6c5CCN(C(C)=O)C6)CC4)cc3)C2(C)C)ccc1C#N. The van der Waals surface area contributed by atoms with Crippen LogP contribution in [0.5, 0.6) is 11.5 Å². The molecule has 4 fully saturated rings. The molecule has 5 aromatic rings. The Morgan fingerprint density at radius 3 is 2.38 bits per heavy atom. The number of ether oxygens (including phenoxy) is 2. The summed E-state index contributed by atoms with van der Waals surface area (Å²) in [7, 11) is 3.34. The van der Waals surface area contributed by atoms with Gasteiger partial charge in [0.25, 0.3) is 12.3 Å². The smallest absolute Gasteiger partial charge is 0.264 e. The molecular weight excluding hydrogens is 927 g/mol. The van der Waals surface area contributed by atoms with E-state index < -0.39 is 6.43 Å². The van der Waals surface area contributed by atoms with Crippen molar-refractivity contribution in [2.75, 3.05) is 56.2 Å². The second-order valence-corrected chi connectivity index (χ2v) is 22.8. The van der Waals surface area contributed by atoms with Gasteiger partial charge < -0.3 is 34.4 Å². The lowest BCUT2D eigenvalue weighted by atomic mass is 9.49. The van der Waals surface area contributed by atoms with E-state index in [1.165, 1.54) is 17.8 Å². The monoisotopic (exact) mass is 995 g/mol. The lowest BCUT2D eigenvalue weighted by molar-refractivity contribution is -0.164. The number of nitrogens with one attached hydrogen (secondary N) is 1. The lowest BCUT2D eigenvalue weighted by Crippen LogP contribution is -2.74. The summed E-state index contributed by atoms with van der Waals surface area (Å²) in [5.74, 6) is 3.10. The van der Waals surface area contributed by atoms with Crippen LogP contribution in [-0.2, 0) is 31.2 Å². The number of hydrogen-bond donors (Lipinski definition) is 1. The van der Waals surface area contributed by atoms with E-state index in [-0.39, 0.29) is 46.4 Å². The number of benzene rings is 3. The molecule has 6 aliphatic rings. The lowest BCUT2D eigenvalue weighted by Gasteiger charge is -2.63. The number of methoxy groups -OCH3 is 1. The summed E-state index contributed by atoms with van der Waals surface area (Å²) < 4.78 is 45.4. The average molecular weight is 995 g/mol. The summed E-state index contributed by atoms with van der Waals surface area (Å²) in [5, 5.41) is 22.4. The Bertz CT molecular complexity index is 2950. The first kappa shape index (κ1) is 48.8. The van der Waals surface area contributed by atoms with Gasteiger partial charge in [0, 0.05) is 134 Å². The summed E-state index contributed by atoms with van der Waals surface area (Å²) in [4.78, 5) is 35.8. The molecule has 0 spiro atoms. The number of nitrogens with zero attached hydrogens (tertiary/aromatic N) is 9. The van der Waals surface area contributed by atoms with Crippen LogP contribution >= 0.6 is 0 Å². The number of anilines is 3. The zero-order valence-electron chi connectivity index (χ0n) is 43.2. The number of fused-ring (bicyclic) bond motifs is 4. The minimum atomic E-state index is -2.66. The zero-order chi connectivity index (χ0) is 51.1. The first-order valence-corrected chi connectivity index (χ1v) is 26.2.